The summed E-state index contributed by atoms with van der Waals surface area (Å²) in [5.41, 5.74) is 5.86. The Kier molecular flexibility index (Phi) is 3.74. The van der Waals surface area contributed by atoms with Gasteiger partial charge in [0.1, 0.15) is 5.88 Å². The molecule has 3 rings (SSSR count). The molecular weight excluding hydrogens is 272 g/mol. The topological polar surface area (TPSA) is 85.6 Å². The van der Waals surface area contributed by atoms with Gasteiger partial charge >= 0.3 is 0 Å². The summed E-state index contributed by atoms with van der Waals surface area (Å²) in [7, 11) is 0. The largest absolute Gasteiger partial charge is 0.480 e. The van der Waals surface area contributed by atoms with E-state index in [0.29, 0.717) is 5.69 Å². The van der Waals surface area contributed by atoms with Crippen LogP contribution in [0.2, 0.25) is 0 Å². The Morgan fingerprint density at radius 1 is 1.24 bits per heavy atom. The van der Waals surface area contributed by atoms with Crippen molar-refractivity contribution in [3.63, 3.8) is 0 Å². The molecule has 1 aromatic heterocycles. The molecule has 1 fully saturated rings. The number of furan rings is 1. The molecule has 0 bridgehead atoms. The predicted molar refractivity (Wildman–Crippen MR) is 79.2 cm³/mol. The highest BCUT2D eigenvalue weighted by atomic mass is 16.7. The number of hydrogen-bond donors (Lipinski definition) is 1. The lowest BCUT2D eigenvalue weighted by Gasteiger charge is -2.31. The fourth-order valence-corrected chi connectivity index (χ4v) is 2.50. The van der Waals surface area contributed by atoms with Crippen molar-refractivity contribution in [1.29, 1.82) is 0 Å². The second-order valence-corrected chi connectivity index (χ2v) is 4.74. The van der Waals surface area contributed by atoms with Crippen LogP contribution in [0.1, 0.15) is 0 Å². The molecule has 1 saturated heterocycles. The molecule has 0 radical (unpaired) electrons. The minimum Gasteiger partial charge on any atom is -0.480 e. The number of hydrogen-bond acceptors (Lipinski definition) is 5. The molecule has 0 aliphatic carbocycles. The highest BCUT2D eigenvalue weighted by Gasteiger charge is 2.20. The van der Waals surface area contributed by atoms with E-state index in [1.165, 1.54) is 6.26 Å². The van der Waals surface area contributed by atoms with Crippen molar-refractivity contribution in [3.8, 4) is 11.1 Å². The first-order chi connectivity index (χ1) is 10.3. The monoisotopic (exact) mass is 287 g/mol. The van der Waals surface area contributed by atoms with Gasteiger partial charge in [-0.25, -0.2) is 0 Å². The van der Waals surface area contributed by atoms with E-state index in [1.807, 2.05) is 30.3 Å². The standard InChI is InChI=1S/C14H15N4O3/c19-18(20)16-14-13(17-8-6-15-7-9-17)12(10-21-14)11-4-2-1-3-5-11/h1-5,10,15H,6-9H2/q-1. The maximum Gasteiger partial charge on any atom is 0.102 e. The third-order valence-corrected chi connectivity index (χ3v) is 3.44. The van der Waals surface area contributed by atoms with E-state index in [-0.39, 0.29) is 5.88 Å². The first-order valence-corrected chi connectivity index (χ1v) is 6.74. The molecule has 1 aliphatic heterocycles. The Hall–Kier alpha value is -2.54. The molecule has 7 heteroatoms. The highest BCUT2D eigenvalue weighted by Crippen LogP contribution is 2.42. The summed E-state index contributed by atoms with van der Waals surface area (Å²) >= 11 is 0. The molecule has 2 aromatic rings. The predicted octanol–water partition coefficient (Wildman–Crippen LogP) is 2.55. The van der Waals surface area contributed by atoms with E-state index in [0.717, 1.165) is 37.3 Å². The van der Waals surface area contributed by atoms with Crippen molar-refractivity contribution in [2.45, 2.75) is 0 Å². The zero-order valence-electron chi connectivity index (χ0n) is 11.4. The van der Waals surface area contributed by atoms with Crippen LogP contribution in [0.15, 0.2) is 41.0 Å². The van der Waals surface area contributed by atoms with Gasteiger partial charge in [0.2, 0.25) is 0 Å². The molecule has 1 N–H and O–H groups in total. The molecule has 21 heavy (non-hydrogen) atoms. The summed E-state index contributed by atoms with van der Waals surface area (Å²) in [5, 5.41) is 13.2. The average Bonchev–Trinajstić information content (AvgIpc) is 2.92. The van der Waals surface area contributed by atoms with Crippen LogP contribution in [0.5, 0.6) is 0 Å². The molecule has 0 saturated carbocycles. The fourth-order valence-electron chi connectivity index (χ4n) is 2.50. The number of anilines is 1. The number of nitro groups is 1. The Balaban J connectivity index is 2.03. The maximum absolute atomic E-state index is 10.7. The fraction of sp³-hybridized carbons (Fsp3) is 0.286. The first-order valence-electron chi connectivity index (χ1n) is 6.74. The van der Waals surface area contributed by atoms with E-state index in [1.54, 1.807) is 0 Å². The maximum atomic E-state index is 10.7. The van der Waals surface area contributed by atoms with Gasteiger partial charge in [0.05, 0.1) is 12.0 Å². The van der Waals surface area contributed by atoms with Crippen LogP contribution in [0.4, 0.5) is 11.6 Å². The van der Waals surface area contributed by atoms with Gasteiger partial charge in [0, 0.05) is 31.7 Å². The number of nitrogens with one attached hydrogen (secondary N) is 1. The van der Waals surface area contributed by atoms with Crippen molar-refractivity contribution in [3.05, 3.63) is 52.1 Å². The SMILES string of the molecule is O=[N+]([O-])[N-]c1occ(-c2ccccc2)c1N1CCNCC1. The molecule has 0 amide bonds. The van der Waals surface area contributed by atoms with E-state index < -0.39 is 5.03 Å². The van der Waals surface area contributed by atoms with E-state index >= 15 is 0 Å². The molecular formula is C14H15N4O3-. The van der Waals surface area contributed by atoms with Gasteiger partial charge < -0.3 is 20.1 Å². The van der Waals surface area contributed by atoms with Crippen molar-refractivity contribution in [2.24, 2.45) is 0 Å². The minimum absolute atomic E-state index is 0.0563. The third kappa shape index (κ3) is 2.82. The second kappa shape index (κ2) is 5.84. The number of nitrogens with zero attached hydrogens (tertiary/aromatic N) is 3. The summed E-state index contributed by atoms with van der Waals surface area (Å²) in [6.45, 7) is 3.19. The van der Waals surface area contributed by atoms with Gasteiger partial charge in [-0.2, -0.15) is 0 Å². The lowest BCUT2D eigenvalue weighted by Crippen LogP contribution is -2.43. The normalized spacial score (nSPS) is 15.0. The van der Waals surface area contributed by atoms with Crippen LogP contribution in [0.25, 0.3) is 16.6 Å². The van der Waals surface area contributed by atoms with Gasteiger partial charge in [0.15, 0.2) is 0 Å². The lowest BCUT2D eigenvalue weighted by molar-refractivity contribution is -0.420. The van der Waals surface area contributed by atoms with Crippen LogP contribution >= 0.6 is 0 Å². The summed E-state index contributed by atoms with van der Waals surface area (Å²) in [6, 6.07) is 9.68. The zero-order chi connectivity index (χ0) is 14.7. The van der Waals surface area contributed by atoms with Gasteiger partial charge in [-0.1, -0.05) is 30.3 Å². The average molecular weight is 287 g/mol. The molecule has 7 nitrogen and oxygen atoms in total. The van der Waals surface area contributed by atoms with Crippen LogP contribution in [-0.2, 0) is 0 Å². The first kappa shape index (κ1) is 13.4. The Labute approximate surface area is 121 Å². The summed E-state index contributed by atoms with van der Waals surface area (Å²) in [6.07, 6.45) is 1.54. The van der Waals surface area contributed by atoms with Gasteiger partial charge in [0.25, 0.3) is 0 Å². The number of piperazine rings is 1. The Morgan fingerprint density at radius 2 is 1.95 bits per heavy atom. The van der Waals surface area contributed by atoms with Crippen molar-refractivity contribution < 1.29 is 9.45 Å². The van der Waals surface area contributed by atoms with E-state index in [4.69, 9.17) is 4.42 Å². The van der Waals surface area contributed by atoms with Crippen molar-refractivity contribution >= 4 is 11.6 Å². The van der Waals surface area contributed by atoms with E-state index in [2.05, 4.69) is 15.6 Å². The third-order valence-electron chi connectivity index (χ3n) is 3.44. The molecule has 0 atom stereocenters. The van der Waals surface area contributed by atoms with Crippen molar-refractivity contribution in [2.75, 3.05) is 31.1 Å². The van der Waals surface area contributed by atoms with Gasteiger partial charge in [-0.15, -0.1) is 0 Å². The smallest absolute Gasteiger partial charge is 0.102 e. The van der Waals surface area contributed by atoms with Crippen LogP contribution in [-0.4, -0.2) is 31.2 Å². The number of benzene rings is 1. The second-order valence-electron chi connectivity index (χ2n) is 4.74. The summed E-state index contributed by atoms with van der Waals surface area (Å²) < 4.78 is 5.34. The Morgan fingerprint density at radius 3 is 2.62 bits per heavy atom. The van der Waals surface area contributed by atoms with E-state index in [9.17, 15) is 10.1 Å². The highest BCUT2D eigenvalue weighted by molar-refractivity contribution is 5.86. The molecule has 1 aliphatic rings. The van der Waals surface area contributed by atoms with Crippen molar-refractivity contribution in [1.82, 2.24) is 5.32 Å². The molecule has 2 heterocycles. The van der Waals surface area contributed by atoms with Gasteiger partial charge in [-0.3, -0.25) is 10.1 Å². The minimum atomic E-state index is -0.723. The summed E-state index contributed by atoms with van der Waals surface area (Å²) in [4.78, 5) is 12.8. The molecule has 0 unspecified atom stereocenters. The quantitative estimate of drug-likeness (QED) is 0.690. The molecule has 110 valence electrons. The Bertz CT molecular complexity index is 620. The molecule has 0 spiro atoms. The zero-order valence-corrected chi connectivity index (χ0v) is 11.4. The van der Waals surface area contributed by atoms with Crippen LogP contribution in [0, 0.1) is 10.1 Å². The summed E-state index contributed by atoms with van der Waals surface area (Å²) in [5.74, 6) is 0.0563. The lowest BCUT2D eigenvalue weighted by atomic mass is 10.1. The van der Waals surface area contributed by atoms with Gasteiger partial charge in [-0.05, 0) is 10.6 Å². The van der Waals surface area contributed by atoms with Crippen LogP contribution < -0.4 is 10.2 Å². The molecule has 1 aromatic carbocycles. The van der Waals surface area contributed by atoms with Crippen LogP contribution in [0.3, 0.4) is 0 Å². The number of rotatable bonds is 4.